The van der Waals surface area contributed by atoms with E-state index in [9.17, 15) is 13.6 Å². The number of thioether (sulfide) groups is 1. The lowest BCUT2D eigenvalue weighted by atomic mass is 9.84. The Balaban J connectivity index is 1.59. The highest BCUT2D eigenvalue weighted by molar-refractivity contribution is 7.99. The Bertz CT molecular complexity index is 973. The normalized spacial score (nSPS) is 20.3. The van der Waals surface area contributed by atoms with Gasteiger partial charge >= 0.3 is 6.61 Å². The van der Waals surface area contributed by atoms with Crippen LogP contribution in [0.2, 0.25) is 0 Å². The van der Waals surface area contributed by atoms with E-state index < -0.39 is 6.61 Å². The van der Waals surface area contributed by atoms with Gasteiger partial charge in [0.15, 0.2) is 0 Å². The molecule has 2 aromatic heterocycles. The van der Waals surface area contributed by atoms with Crippen molar-refractivity contribution in [2.75, 3.05) is 11.5 Å². The van der Waals surface area contributed by atoms with Crippen molar-refractivity contribution in [2.24, 2.45) is 5.92 Å². The average molecular weight is 465 g/mol. The van der Waals surface area contributed by atoms with Crippen LogP contribution in [0.25, 0.3) is 11.3 Å². The molecule has 32 heavy (non-hydrogen) atoms. The third kappa shape index (κ3) is 4.92. The fourth-order valence-corrected chi connectivity index (χ4v) is 5.98. The highest BCUT2D eigenvalue weighted by atomic mass is 32.2. The second-order valence-electron chi connectivity index (χ2n) is 9.20. The minimum Gasteiger partial charge on any atom is -0.433 e. The zero-order valence-electron chi connectivity index (χ0n) is 18.7. The number of halogens is 2. The van der Waals surface area contributed by atoms with Gasteiger partial charge in [-0.3, -0.25) is 14.5 Å². The smallest absolute Gasteiger partial charge is 0.387 e. The molecule has 1 fully saturated rings. The Morgan fingerprint density at radius 2 is 2.06 bits per heavy atom. The number of hydrogen-bond acceptors (Lipinski definition) is 5. The van der Waals surface area contributed by atoms with Crippen molar-refractivity contribution in [3.8, 4) is 17.0 Å². The second-order valence-corrected chi connectivity index (χ2v) is 10.4. The topological polar surface area (TPSA) is 69.0 Å². The molecule has 1 unspecified atom stereocenters. The van der Waals surface area contributed by atoms with Gasteiger partial charge in [-0.25, -0.2) is 0 Å². The Labute approximate surface area is 191 Å². The average Bonchev–Trinajstić information content (AvgIpc) is 3.13. The van der Waals surface area contributed by atoms with E-state index in [0.717, 1.165) is 47.7 Å². The molecule has 0 radical (unpaired) electrons. The molecule has 1 amide bonds. The number of fused-ring (bicyclic) bond motifs is 1. The fourth-order valence-electron chi connectivity index (χ4n) is 4.58. The maximum absolute atomic E-state index is 13.1. The predicted molar refractivity (Wildman–Crippen MR) is 121 cm³/mol. The molecular formula is C23H30F2N4O2S. The van der Waals surface area contributed by atoms with E-state index in [0.29, 0.717) is 18.4 Å². The minimum absolute atomic E-state index is 0.0114. The number of nitrogens with one attached hydrogen (secondary N) is 1. The standard InChI is InChI=1S/C23H30F2N4O2S/c1-14(2)29-19-11-15(21(30)27-23(3)6-8-32-9-7-23)4-5-18(19)20(28-29)16-10-17(13-26-12-16)31-22(24)25/h10,12-15,22H,4-9,11H2,1-3H3,(H,27,30). The van der Waals surface area contributed by atoms with Crippen LogP contribution in [0.4, 0.5) is 8.78 Å². The Morgan fingerprint density at radius 1 is 1.31 bits per heavy atom. The number of nitrogens with zero attached hydrogens (tertiary/aromatic N) is 3. The summed E-state index contributed by atoms with van der Waals surface area (Å²) in [6.45, 7) is 3.35. The van der Waals surface area contributed by atoms with E-state index in [-0.39, 0.29) is 29.2 Å². The molecular weight excluding hydrogens is 434 g/mol. The summed E-state index contributed by atoms with van der Waals surface area (Å²) in [5.74, 6) is 2.20. The maximum Gasteiger partial charge on any atom is 0.387 e. The number of alkyl halides is 2. The number of amides is 1. The van der Waals surface area contributed by atoms with Crippen molar-refractivity contribution < 1.29 is 18.3 Å². The van der Waals surface area contributed by atoms with Crippen LogP contribution in [0, 0.1) is 5.92 Å². The van der Waals surface area contributed by atoms with Gasteiger partial charge in [0.25, 0.3) is 0 Å². The highest BCUT2D eigenvalue weighted by Gasteiger charge is 2.35. The monoisotopic (exact) mass is 464 g/mol. The van der Waals surface area contributed by atoms with Crippen molar-refractivity contribution >= 4 is 17.7 Å². The molecule has 2 aliphatic rings. The molecule has 174 valence electrons. The van der Waals surface area contributed by atoms with E-state index in [4.69, 9.17) is 5.10 Å². The van der Waals surface area contributed by atoms with Crippen LogP contribution in [0.1, 0.15) is 57.3 Å². The summed E-state index contributed by atoms with van der Waals surface area (Å²) in [5, 5.41) is 8.13. The summed E-state index contributed by atoms with van der Waals surface area (Å²) < 4.78 is 31.8. The van der Waals surface area contributed by atoms with Crippen LogP contribution in [0.5, 0.6) is 5.75 Å². The lowest BCUT2D eigenvalue weighted by molar-refractivity contribution is -0.127. The summed E-state index contributed by atoms with van der Waals surface area (Å²) in [6.07, 6.45) is 6.96. The van der Waals surface area contributed by atoms with E-state index >= 15 is 0 Å². The minimum atomic E-state index is -2.90. The predicted octanol–water partition coefficient (Wildman–Crippen LogP) is 4.63. The molecule has 0 spiro atoms. The number of carbonyl (C=O) groups is 1. The lowest BCUT2D eigenvalue weighted by Gasteiger charge is -2.36. The van der Waals surface area contributed by atoms with Crippen molar-refractivity contribution in [2.45, 2.75) is 71.1 Å². The van der Waals surface area contributed by atoms with Crippen molar-refractivity contribution in [1.29, 1.82) is 0 Å². The first kappa shape index (κ1) is 23.0. The van der Waals surface area contributed by atoms with Crippen LogP contribution in [-0.4, -0.2) is 44.3 Å². The van der Waals surface area contributed by atoms with Gasteiger partial charge in [0.05, 0.1) is 11.9 Å². The van der Waals surface area contributed by atoms with Gasteiger partial charge in [-0.15, -0.1) is 0 Å². The first-order chi connectivity index (χ1) is 15.3. The summed E-state index contributed by atoms with van der Waals surface area (Å²) in [6, 6.07) is 1.66. The first-order valence-electron chi connectivity index (χ1n) is 11.2. The molecule has 2 aromatic rings. The maximum atomic E-state index is 13.1. The molecule has 1 aliphatic carbocycles. The van der Waals surface area contributed by atoms with Crippen LogP contribution in [0.15, 0.2) is 18.5 Å². The Kier molecular flexibility index (Phi) is 6.74. The molecule has 0 aromatic carbocycles. The molecule has 0 bridgehead atoms. The van der Waals surface area contributed by atoms with Gasteiger partial charge in [-0.2, -0.15) is 25.6 Å². The molecule has 6 nitrogen and oxygen atoms in total. The third-order valence-electron chi connectivity index (χ3n) is 6.39. The van der Waals surface area contributed by atoms with Crippen LogP contribution >= 0.6 is 11.8 Å². The molecule has 9 heteroatoms. The van der Waals surface area contributed by atoms with Gasteiger partial charge in [-0.05, 0) is 64.0 Å². The van der Waals surface area contributed by atoms with Gasteiger partial charge in [0.2, 0.25) is 5.91 Å². The van der Waals surface area contributed by atoms with Crippen molar-refractivity contribution in [1.82, 2.24) is 20.1 Å². The molecule has 4 rings (SSSR count). The molecule has 0 saturated carbocycles. The molecule has 3 heterocycles. The quantitative estimate of drug-likeness (QED) is 0.675. The summed E-state index contributed by atoms with van der Waals surface area (Å²) >= 11 is 1.94. The zero-order valence-corrected chi connectivity index (χ0v) is 19.6. The van der Waals surface area contributed by atoms with E-state index in [1.807, 2.05) is 16.4 Å². The Morgan fingerprint density at radius 3 is 2.75 bits per heavy atom. The largest absolute Gasteiger partial charge is 0.433 e. The zero-order chi connectivity index (χ0) is 22.9. The summed E-state index contributed by atoms with van der Waals surface area (Å²) in [4.78, 5) is 17.2. The molecule has 1 atom stereocenters. The number of pyridine rings is 1. The molecule has 1 aliphatic heterocycles. The summed E-state index contributed by atoms with van der Waals surface area (Å²) in [5.41, 5.74) is 3.37. The van der Waals surface area contributed by atoms with Crippen LogP contribution in [0.3, 0.4) is 0 Å². The van der Waals surface area contributed by atoms with Gasteiger partial charge in [-0.1, -0.05) is 0 Å². The SMILES string of the molecule is CC(C)n1nc(-c2cncc(OC(F)F)c2)c2c1CC(C(=O)NC1(C)CCSCC1)CC2. The number of rotatable bonds is 6. The number of ether oxygens (including phenoxy) is 1. The van der Waals surface area contributed by atoms with Gasteiger partial charge < -0.3 is 10.1 Å². The third-order valence-corrected chi connectivity index (χ3v) is 7.38. The number of hydrogen-bond donors (Lipinski definition) is 1. The lowest BCUT2D eigenvalue weighted by Crippen LogP contribution is -2.51. The van der Waals surface area contributed by atoms with Crippen molar-refractivity contribution in [3.63, 3.8) is 0 Å². The number of aromatic nitrogens is 3. The van der Waals surface area contributed by atoms with Gasteiger partial charge in [0, 0.05) is 46.9 Å². The van der Waals surface area contributed by atoms with Crippen LogP contribution < -0.4 is 10.1 Å². The van der Waals surface area contributed by atoms with E-state index in [1.165, 1.54) is 6.20 Å². The van der Waals surface area contributed by atoms with Crippen molar-refractivity contribution in [3.05, 3.63) is 29.7 Å². The Hall–Kier alpha value is -2.16. The second kappa shape index (κ2) is 9.37. The fraction of sp³-hybridized carbons (Fsp3) is 0.609. The van der Waals surface area contributed by atoms with E-state index in [2.05, 4.69) is 35.8 Å². The molecule has 1 N–H and O–H groups in total. The molecule has 1 saturated heterocycles. The van der Waals surface area contributed by atoms with Crippen LogP contribution in [-0.2, 0) is 17.6 Å². The highest BCUT2D eigenvalue weighted by Crippen LogP contribution is 2.36. The summed E-state index contributed by atoms with van der Waals surface area (Å²) in [7, 11) is 0. The van der Waals surface area contributed by atoms with E-state index in [1.54, 1.807) is 12.3 Å². The first-order valence-corrected chi connectivity index (χ1v) is 12.3. The van der Waals surface area contributed by atoms with Gasteiger partial charge in [0.1, 0.15) is 5.75 Å². The number of carbonyl (C=O) groups excluding carboxylic acids is 1.